The van der Waals surface area contributed by atoms with Gasteiger partial charge >= 0.3 is 6.09 Å². The molecule has 28 heavy (non-hydrogen) atoms. The summed E-state index contributed by atoms with van der Waals surface area (Å²) in [5.74, 6) is 0.0214. The summed E-state index contributed by atoms with van der Waals surface area (Å²) in [7, 11) is 0. The molecule has 2 aromatic carbocycles. The van der Waals surface area contributed by atoms with E-state index in [0.29, 0.717) is 31.4 Å². The number of nitrogens with zero attached hydrogens (tertiary/aromatic N) is 1. The Balaban J connectivity index is 1.79. The highest BCUT2D eigenvalue weighted by molar-refractivity contribution is 5.94. The Morgan fingerprint density at radius 1 is 1.18 bits per heavy atom. The van der Waals surface area contributed by atoms with E-state index in [1.165, 1.54) is 6.92 Å². The Bertz CT molecular complexity index is 818. The third-order valence-electron chi connectivity index (χ3n) is 5.58. The average Bonchev–Trinajstić information content (AvgIpc) is 2.72. The second-order valence-electron chi connectivity index (χ2n) is 7.35. The Labute approximate surface area is 165 Å². The molecule has 0 aliphatic carbocycles. The highest BCUT2D eigenvalue weighted by atomic mass is 16.6. The summed E-state index contributed by atoms with van der Waals surface area (Å²) in [4.78, 5) is 26.1. The molecule has 0 spiro atoms. The molecule has 1 aliphatic heterocycles. The zero-order chi connectivity index (χ0) is 20.1. The van der Waals surface area contributed by atoms with Gasteiger partial charge in [-0.05, 0) is 37.8 Å². The van der Waals surface area contributed by atoms with Gasteiger partial charge in [0.1, 0.15) is 5.60 Å². The van der Waals surface area contributed by atoms with Crippen LogP contribution in [0.25, 0.3) is 0 Å². The van der Waals surface area contributed by atoms with Crippen molar-refractivity contribution in [3.8, 4) is 0 Å². The summed E-state index contributed by atoms with van der Waals surface area (Å²) in [6.07, 6.45) is 1.48. The largest absolute Gasteiger partial charge is 0.438 e. The Kier molecular flexibility index (Phi) is 6.15. The molecule has 1 aliphatic rings. The lowest BCUT2D eigenvalue weighted by atomic mass is 9.84. The number of ketones is 1. The van der Waals surface area contributed by atoms with Gasteiger partial charge in [-0.3, -0.25) is 4.79 Å². The quantitative estimate of drug-likeness (QED) is 0.719. The maximum Gasteiger partial charge on any atom is 0.411 e. The molecule has 1 fully saturated rings. The molecule has 5 nitrogen and oxygen atoms in total. The van der Waals surface area contributed by atoms with Crippen LogP contribution < -0.4 is 0 Å². The smallest absolute Gasteiger partial charge is 0.411 e. The van der Waals surface area contributed by atoms with E-state index in [0.717, 1.165) is 11.1 Å². The lowest BCUT2D eigenvalue weighted by Crippen LogP contribution is -2.48. The highest BCUT2D eigenvalue weighted by Crippen LogP contribution is 2.40. The fourth-order valence-corrected chi connectivity index (χ4v) is 3.83. The summed E-state index contributed by atoms with van der Waals surface area (Å²) in [5, 5.41) is 9.30. The predicted octanol–water partition coefficient (Wildman–Crippen LogP) is 4.46. The molecule has 0 aromatic heterocycles. The number of aliphatic hydroxyl groups excluding tert-OH is 1. The van der Waals surface area contributed by atoms with Crippen LogP contribution in [0.1, 0.15) is 60.6 Å². The lowest BCUT2D eigenvalue weighted by molar-refractivity contribution is -0.0680. The van der Waals surface area contributed by atoms with E-state index in [4.69, 9.17) is 4.74 Å². The van der Waals surface area contributed by atoms with Gasteiger partial charge < -0.3 is 14.7 Å². The number of aliphatic hydroxyl groups is 1. The topological polar surface area (TPSA) is 66.8 Å². The number of benzene rings is 2. The lowest BCUT2D eigenvalue weighted by Gasteiger charge is -2.43. The van der Waals surface area contributed by atoms with Crippen LogP contribution in [0.3, 0.4) is 0 Å². The van der Waals surface area contributed by atoms with Crippen molar-refractivity contribution < 1.29 is 19.4 Å². The highest BCUT2D eigenvalue weighted by Gasteiger charge is 2.43. The Hall–Kier alpha value is -2.66. The minimum absolute atomic E-state index is 0.0214. The summed E-state index contributed by atoms with van der Waals surface area (Å²) in [6.45, 7) is 4.13. The first-order chi connectivity index (χ1) is 13.5. The van der Waals surface area contributed by atoms with Gasteiger partial charge in [0, 0.05) is 25.1 Å². The van der Waals surface area contributed by atoms with Crippen LogP contribution in [0, 0.1) is 0 Å². The number of hydrogen-bond donors (Lipinski definition) is 1. The molecule has 3 rings (SSSR count). The summed E-state index contributed by atoms with van der Waals surface area (Å²) in [5.41, 5.74) is 1.89. The van der Waals surface area contributed by atoms with Crippen molar-refractivity contribution in [2.45, 2.75) is 44.8 Å². The molecule has 0 saturated carbocycles. The molecule has 1 saturated heterocycles. The van der Waals surface area contributed by atoms with E-state index in [1.54, 1.807) is 17.0 Å². The maximum atomic E-state index is 12.9. The number of rotatable bonds is 7. The van der Waals surface area contributed by atoms with Gasteiger partial charge in [0.2, 0.25) is 0 Å². The van der Waals surface area contributed by atoms with Crippen molar-refractivity contribution in [1.82, 2.24) is 4.90 Å². The summed E-state index contributed by atoms with van der Waals surface area (Å²) >= 11 is 0. The van der Waals surface area contributed by atoms with E-state index in [2.05, 4.69) is 0 Å². The van der Waals surface area contributed by atoms with Crippen LogP contribution in [0.2, 0.25) is 0 Å². The minimum atomic E-state index is -0.699. The van der Waals surface area contributed by atoms with Gasteiger partial charge in [-0.1, -0.05) is 54.6 Å². The van der Waals surface area contributed by atoms with Crippen molar-refractivity contribution in [3.05, 3.63) is 71.3 Å². The average molecular weight is 381 g/mol. The van der Waals surface area contributed by atoms with Crippen LogP contribution >= 0.6 is 0 Å². The summed E-state index contributed by atoms with van der Waals surface area (Å²) < 4.78 is 6.00. The van der Waals surface area contributed by atoms with Crippen molar-refractivity contribution in [2.75, 3.05) is 13.2 Å². The normalized spacial score (nSPS) is 20.5. The van der Waals surface area contributed by atoms with Crippen LogP contribution in [0.5, 0.6) is 0 Å². The SMILES string of the molecule is CC(=O)c1ccc([C@H](C)N2CCC(CCCO)(c3ccccc3)OC2=O)cc1. The molecular formula is C23H27NO4. The predicted molar refractivity (Wildman–Crippen MR) is 107 cm³/mol. The number of amides is 1. The molecule has 0 radical (unpaired) electrons. The molecule has 2 aromatic rings. The number of cyclic esters (lactones) is 1. The fourth-order valence-electron chi connectivity index (χ4n) is 3.83. The second-order valence-corrected chi connectivity index (χ2v) is 7.35. The van der Waals surface area contributed by atoms with E-state index in [9.17, 15) is 14.7 Å². The van der Waals surface area contributed by atoms with Crippen LogP contribution in [-0.2, 0) is 10.3 Å². The minimum Gasteiger partial charge on any atom is -0.438 e. The van der Waals surface area contributed by atoms with Crippen molar-refractivity contribution in [2.24, 2.45) is 0 Å². The molecule has 5 heteroatoms. The monoisotopic (exact) mass is 381 g/mol. The van der Waals surface area contributed by atoms with E-state index < -0.39 is 5.60 Å². The van der Waals surface area contributed by atoms with Gasteiger partial charge in [0.25, 0.3) is 0 Å². The van der Waals surface area contributed by atoms with E-state index in [-0.39, 0.29) is 24.5 Å². The van der Waals surface area contributed by atoms with Gasteiger partial charge in [-0.25, -0.2) is 4.79 Å². The van der Waals surface area contributed by atoms with Crippen LogP contribution in [-0.4, -0.2) is 35.0 Å². The Morgan fingerprint density at radius 3 is 2.43 bits per heavy atom. The van der Waals surface area contributed by atoms with Gasteiger partial charge in [0.05, 0.1) is 6.04 Å². The van der Waals surface area contributed by atoms with E-state index >= 15 is 0 Å². The molecule has 0 bridgehead atoms. The zero-order valence-electron chi connectivity index (χ0n) is 16.4. The molecule has 148 valence electrons. The molecule has 1 amide bonds. The number of ether oxygens (including phenoxy) is 1. The molecule has 1 N–H and O–H groups in total. The summed E-state index contributed by atoms with van der Waals surface area (Å²) in [6, 6.07) is 17.0. The second kappa shape index (κ2) is 8.57. The van der Waals surface area contributed by atoms with Crippen molar-refractivity contribution >= 4 is 11.9 Å². The molecular weight excluding hydrogens is 354 g/mol. The van der Waals surface area contributed by atoms with Crippen LogP contribution in [0.4, 0.5) is 4.79 Å². The molecule has 2 atom stereocenters. The number of hydrogen-bond acceptors (Lipinski definition) is 4. The number of carbonyl (C=O) groups excluding carboxylic acids is 2. The fraction of sp³-hybridized carbons (Fsp3) is 0.391. The first kappa shape index (κ1) is 20.1. The molecule has 1 unspecified atom stereocenters. The first-order valence-electron chi connectivity index (χ1n) is 9.74. The standard InChI is InChI=1S/C23H27NO4/c1-17(19-9-11-20(12-10-19)18(2)26)24-15-14-23(13-6-16-25,28-22(24)27)21-7-4-3-5-8-21/h3-5,7-12,17,25H,6,13-16H2,1-2H3/t17-,23?/m0/s1. The third kappa shape index (κ3) is 4.09. The first-order valence-corrected chi connectivity index (χ1v) is 9.74. The van der Waals surface area contributed by atoms with Crippen molar-refractivity contribution in [1.29, 1.82) is 0 Å². The maximum absolute atomic E-state index is 12.9. The van der Waals surface area contributed by atoms with Gasteiger partial charge in [-0.2, -0.15) is 0 Å². The zero-order valence-corrected chi connectivity index (χ0v) is 16.4. The van der Waals surface area contributed by atoms with Gasteiger partial charge in [-0.15, -0.1) is 0 Å². The third-order valence-corrected chi connectivity index (χ3v) is 5.58. The Morgan fingerprint density at radius 2 is 1.86 bits per heavy atom. The number of Topliss-reactive ketones (excluding diaryl/α,β-unsaturated/α-hetero) is 1. The van der Waals surface area contributed by atoms with E-state index in [1.807, 2.05) is 49.4 Å². The molecule has 1 heterocycles. The number of carbonyl (C=O) groups is 2. The van der Waals surface area contributed by atoms with Crippen LogP contribution in [0.15, 0.2) is 54.6 Å². The van der Waals surface area contributed by atoms with Gasteiger partial charge in [0.15, 0.2) is 5.78 Å². The van der Waals surface area contributed by atoms with Crippen molar-refractivity contribution in [3.63, 3.8) is 0 Å².